The Morgan fingerprint density at radius 3 is 2.61 bits per heavy atom. The second-order valence-electron chi connectivity index (χ2n) is 4.43. The maximum absolute atomic E-state index is 12.5. The van der Waals surface area contributed by atoms with Gasteiger partial charge >= 0.3 is 6.18 Å². The van der Waals surface area contributed by atoms with E-state index in [0.717, 1.165) is 18.4 Å². The topological polar surface area (TPSA) is 45.8 Å². The van der Waals surface area contributed by atoms with E-state index in [4.69, 9.17) is 0 Å². The molecule has 0 amide bonds. The van der Waals surface area contributed by atoms with Crippen molar-refractivity contribution in [3.05, 3.63) is 39.9 Å². The highest BCUT2D eigenvalue weighted by Gasteiger charge is 2.35. The van der Waals surface area contributed by atoms with Crippen LogP contribution >= 0.6 is 0 Å². The predicted octanol–water partition coefficient (Wildman–Crippen LogP) is 2.82. The number of hydrogen-bond donors (Lipinski definition) is 1. The molecule has 6 heteroatoms. The monoisotopic (exact) mass is 254 g/mol. The lowest BCUT2D eigenvalue weighted by Crippen LogP contribution is -2.19. The van der Waals surface area contributed by atoms with E-state index in [-0.39, 0.29) is 16.8 Å². The SMILES string of the molecule is O=c1[nH]c(C(F)(F)F)nc2cccc(C3CC3)c12. The van der Waals surface area contributed by atoms with Gasteiger partial charge in [-0.1, -0.05) is 12.1 Å². The Balaban J connectivity index is 2.30. The first-order valence-electron chi connectivity index (χ1n) is 5.57. The zero-order valence-corrected chi connectivity index (χ0v) is 9.21. The fourth-order valence-electron chi connectivity index (χ4n) is 2.09. The summed E-state index contributed by atoms with van der Waals surface area (Å²) in [4.78, 5) is 17.1. The quantitative estimate of drug-likeness (QED) is 0.850. The Bertz CT molecular complexity index is 671. The van der Waals surface area contributed by atoms with Crippen LogP contribution in [0.25, 0.3) is 10.9 Å². The predicted molar refractivity (Wildman–Crippen MR) is 59.3 cm³/mol. The number of aromatic amines is 1. The lowest BCUT2D eigenvalue weighted by Gasteiger charge is -2.08. The number of rotatable bonds is 1. The molecular formula is C12H9F3N2O. The van der Waals surface area contributed by atoms with E-state index in [1.807, 2.05) is 4.98 Å². The van der Waals surface area contributed by atoms with Crippen molar-refractivity contribution in [1.82, 2.24) is 9.97 Å². The van der Waals surface area contributed by atoms with Gasteiger partial charge in [0.05, 0.1) is 10.9 Å². The molecule has 1 N–H and O–H groups in total. The molecule has 0 unspecified atom stereocenters. The Labute approximate surface area is 99.7 Å². The van der Waals surface area contributed by atoms with Crippen LogP contribution in [0.5, 0.6) is 0 Å². The molecule has 2 aromatic rings. The molecule has 18 heavy (non-hydrogen) atoms. The van der Waals surface area contributed by atoms with Gasteiger partial charge in [-0.3, -0.25) is 4.79 Å². The highest BCUT2D eigenvalue weighted by molar-refractivity contribution is 5.82. The smallest absolute Gasteiger partial charge is 0.302 e. The van der Waals surface area contributed by atoms with Crippen LogP contribution in [0.15, 0.2) is 23.0 Å². The first kappa shape index (κ1) is 11.3. The summed E-state index contributed by atoms with van der Waals surface area (Å²) in [5.41, 5.74) is 0.195. The second kappa shape index (κ2) is 3.57. The fourth-order valence-corrected chi connectivity index (χ4v) is 2.09. The number of nitrogens with zero attached hydrogens (tertiary/aromatic N) is 1. The molecule has 1 saturated carbocycles. The van der Waals surface area contributed by atoms with Crippen molar-refractivity contribution < 1.29 is 13.2 Å². The molecule has 0 aliphatic heterocycles. The van der Waals surface area contributed by atoms with Crippen LogP contribution < -0.4 is 5.56 Å². The standard InChI is InChI=1S/C12H9F3N2O/c13-12(14,15)11-16-8-3-1-2-7(6-4-5-6)9(8)10(18)17-11/h1-3,6H,4-5H2,(H,16,17,18). The van der Waals surface area contributed by atoms with Crippen molar-refractivity contribution >= 4 is 10.9 Å². The van der Waals surface area contributed by atoms with Crippen LogP contribution in [0.1, 0.15) is 30.1 Å². The van der Waals surface area contributed by atoms with Crippen molar-refractivity contribution in [3.8, 4) is 0 Å². The number of halogens is 3. The summed E-state index contributed by atoms with van der Waals surface area (Å²) < 4.78 is 37.6. The van der Waals surface area contributed by atoms with E-state index in [1.54, 1.807) is 12.1 Å². The van der Waals surface area contributed by atoms with E-state index >= 15 is 0 Å². The lowest BCUT2D eigenvalue weighted by molar-refractivity contribution is -0.144. The average Bonchev–Trinajstić information content (AvgIpc) is 3.10. The number of fused-ring (bicyclic) bond motifs is 1. The highest BCUT2D eigenvalue weighted by Crippen LogP contribution is 2.42. The number of H-pyrrole nitrogens is 1. The van der Waals surface area contributed by atoms with Crippen molar-refractivity contribution in [3.63, 3.8) is 0 Å². The summed E-state index contributed by atoms with van der Waals surface area (Å²) in [6.07, 6.45) is -2.69. The van der Waals surface area contributed by atoms with Crippen LogP contribution in [0.2, 0.25) is 0 Å². The first-order chi connectivity index (χ1) is 8.47. The van der Waals surface area contributed by atoms with E-state index in [9.17, 15) is 18.0 Å². The number of benzene rings is 1. The van der Waals surface area contributed by atoms with E-state index < -0.39 is 17.6 Å². The third-order valence-corrected chi connectivity index (χ3v) is 3.05. The van der Waals surface area contributed by atoms with Gasteiger partial charge in [0.25, 0.3) is 5.56 Å². The first-order valence-corrected chi connectivity index (χ1v) is 5.57. The van der Waals surface area contributed by atoms with Gasteiger partial charge in [0.1, 0.15) is 0 Å². The molecule has 1 aromatic heterocycles. The van der Waals surface area contributed by atoms with Gasteiger partial charge in [-0.25, -0.2) is 4.98 Å². The van der Waals surface area contributed by atoms with Crippen molar-refractivity contribution in [2.75, 3.05) is 0 Å². The number of hydrogen-bond acceptors (Lipinski definition) is 2. The zero-order chi connectivity index (χ0) is 12.9. The zero-order valence-electron chi connectivity index (χ0n) is 9.21. The van der Waals surface area contributed by atoms with Crippen molar-refractivity contribution in [2.24, 2.45) is 0 Å². The number of nitrogens with one attached hydrogen (secondary N) is 1. The van der Waals surface area contributed by atoms with E-state index in [1.165, 1.54) is 6.07 Å². The molecule has 3 nitrogen and oxygen atoms in total. The van der Waals surface area contributed by atoms with Crippen LogP contribution in [0.3, 0.4) is 0 Å². The lowest BCUT2D eigenvalue weighted by atomic mass is 10.1. The van der Waals surface area contributed by atoms with Crippen LogP contribution in [0.4, 0.5) is 13.2 Å². The Morgan fingerprint density at radius 1 is 1.28 bits per heavy atom. The summed E-state index contributed by atoms with van der Waals surface area (Å²) in [6, 6.07) is 4.86. The summed E-state index contributed by atoms with van der Waals surface area (Å²) in [6.45, 7) is 0. The summed E-state index contributed by atoms with van der Waals surface area (Å²) in [5.74, 6) is -0.957. The van der Waals surface area contributed by atoms with Gasteiger partial charge < -0.3 is 4.98 Å². The van der Waals surface area contributed by atoms with Crippen LogP contribution in [-0.4, -0.2) is 9.97 Å². The molecule has 0 spiro atoms. The molecule has 94 valence electrons. The normalized spacial score (nSPS) is 16.2. The Hall–Kier alpha value is -1.85. The Kier molecular flexibility index (Phi) is 2.23. The second-order valence-corrected chi connectivity index (χ2v) is 4.43. The molecule has 1 aromatic carbocycles. The van der Waals surface area contributed by atoms with Gasteiger partial charge in [0.15, 0.2) is 0 Å². The maximum Gasteiger partial charge on any atom is 0.449 e. The minimum absolute atomic E-state index is 0.107. The number of aromatic nitrogens is 2. The van der Waals surface area contributed by atoms with Gasteiger partial charge in [-0.15, -0.1) is 0 Å². The summed E-state index contributed by atoms with van der Waals surface area (Å²) >= 11 is 0. The molecule has 3 rings (SSSR count). The molecule has 0 bridgehead atoms. The number of alkyl halides is 3. The molecule has 0 radical (unpaired) electrons. The van der Waals surface area contributed by atoms with Crippen molar-refractivity contribution in [2.45, 2.75) is 24.9 Å². The van der Waals surface area contributed by atoms with Crippen LogP contribution in [-0.2, 0) is 6.18 Å². The molecule has 1 fully saturated rings. The van der Waals surface area contributed by atoms with Gasteiger partial charge in [0.2, 0.25) is 5.82 Å². The van der Waals surface area contributed by atoms with Crippen LogP contribution in [0, 0.1) is 0 Å². The average molecular weight is 254 g/mol. The molecule has 0 saturated heterocycles. The van der Waals surface area contributed by atoms with E-state index in [0.29, 0.717) is 0 Å². The Morgan fingerprint density at radius 2 is 2.00 bits per heavy atom. The molecule has 1 aliphatic rings. The van der Waals surface area contributed by atoms with E-state index in [2.05, 4.69) is 4.98 Å². The molecule has 1 heterocycles. The van der Waals surface area contributed by atoms with Gasteiger partial charge in [0, 0.05) is 0 Å². The third-order valence-electron chi connectivity index (χ3n) is 3.05. The van der Waals surface area contributed by atoms with Crippen molar-refractivity contribution in [1.29, 1.82) is 0 Å². The maximum atomic E-state index is 12.5. The minimum Gasteiger partial charge on any atom is -0.302 e. The van der Waals surface area contributed by atoms with Gasteiger partial charge in [-0.2, -0.15) is 13.2 Å². The fraction of sp³-hybridized carbons (Fsp3) is 0.333. The van der Waals surface area contributed by atoms with Gasteiger partial charge in [-0.05, 0) is 30.4 Å². The largest absolute Gasteiger partial charge is 0.449 e. The highest BCUT2D eigenvalue weighted by atomic mass is 19.4. The minimum atomic E-state index is -4.64. The third kappa shape index (κ3) is 1.77. The molecule has 0 atom stereocenters. The summed E-state index contributed by atoms with van der Waals surface area (Å²) in [5, 5.41) is 0.285. The molecular weight excluding hydrogens is 245 g/mol. The molecule has 1 aliphatic carbocycles. The summed E-state index contributed by atoms with van der Waals surface area (Å²) in [7, 11) is 0.